The number of hydrogen-bond donors (Lipinski definition) is 0. The fourth-order valence-corrected chi connectivity index (χ4v) is 11.6. The van der Waals surface area contributed by atoms with Gasteiger partial charge >= 0.3 is 17.9 Å². The van der Waals surface area contributed by atoms with Crippen molar-refractivity contribution in [2.24, 2.45) is 0 Å². The molecule has 1 atom stereocenters. The molecule has 6 nitrogen and oxygen atoms in total. The third-order valence-electron chi connectivity index (χ3n) is 17.2. The second-order valence-electron chi connectivity index (χ2n) is 25.6. The number of ether oxygens (including phenoxy) is 3. The van der Waals surface area contributed by atoms with Crippen LogP contribution in [0.3, 0.4) is 0 Å². The van der Waals surface area contributed by atoms with Crippen LogP contribution in [0.1, 0.15) is 425 Å². The molecule has 0 fully saturated rings. The van der Waals surface area contributed by atoms with E-state index in [1.165, 1.54) is 321 Å². The zero-order chi connectivity index (χ0) is 59.2. The minimum atomic E-state index is -0.764. The Morgan fingerprint density at radius 2 is 0.439 bits per heavy atom. The van der Waals surface area contributed by atoms with Gasteiger partial charge in [-0.05, 0) is 51.4 Å². The molecule has 0 aromatic heterocycles. The molecule has 0 aromatic rings. The first-order chi connectivity index (χ1) is 40.5. The van der Waals surface area contributed by atoms with Gasteiger partial charge in [-0.3, -0.25) is 14.4 Å². The van der Waals surface area contributed by atoms with Crippen LogP contribution in [0.15, 0.2) is 24.3 Å². The number of carbonyl (C=O) groups is 3. The van der Waals surface area contributed by atoms with Crippen molar-refractivity contribution < 1.29 is 28.6 Å². The minimum absolute atomic E-state index is 0.0628. The Kier molecular flexibility index (Phi) is 69.5. The number of unbranched alkanes of at least 4 members (excludes halogenated alkanes) is 55. The Balaban J connectivity index is 3.98. The maximum atomic E-state index is 12.9. The van der Waals surface area contributed by atoms with Crippen LogP contribution in [0.5, 0.6) is 0 Å². The third kappa shape index (κ3) is 68.7. The van der Waals surface area contributed by atoms with E-state index in [0.717, 1.165) is 64.2 Å². The predicted octanol–water partition coefficient (Wildman–Crippen LogP) is 25.7. The van der Waals surface area contributed by atoms with Crippen LogP contribution in [0.4, 0.5) is 0 Å². The van der Waals surface area contributed by atoms with E-state index in [9.17, 15) is 14.4 Å². The van der Waals surface area contributed by atoms with E-state index >= 15 is 0 Å². The van der Waals surface area contributed by atoms with E-state index in [1.807, 2.05) is 0 Å². The van der Waals surface area contributed by atoms with Gasteiger partial charge in [-0.1, -0.05) is 379 Å². The molecule has 0 heterocycles. The van der Waals surface area contributed by atoms with Crippen LogP contribution in [0.25, 0.3) is 0 Å². The second-order valence-corrected chi connectivity index (χ2v) is 25.6. The van der Waals surface area contributed by atoms with Gasteiger partial charge in [-0.15, -0.1) is 0 Å². The van der Waals surface area contributed by atoms with Crippen LogP contribution < -0.4 is 0 Å². The van der Waals surface area contributed by atoms with Crippen molar-refractivity contribution >= 4 is 17.9 Å². The smallest absolute Gasteiger partial charge is 0.306 e. The molecule has 82 heavy (non-hydrogen) atoms. The van der Waals surface area contributed by atoms with E-state index in [-0.39, 0.29) is 31.1 Å². The molecule has 0 N–H and O–H groups in total. The maximum absolute atomic E-state index is 12.9. The molecular formula is C76H144O6. The molecule has 0 spiro atoms. The van der Waals surface area contributed by atoms with Gasteiger partial charge in [0, 0.05) is 19.3 Å². The van der Waals surface area contributed by atoms with Gasteiger partial charge in [0.25, 0.3) is 0 Å². The summed E-state index contributed by atoms with van der Waals surface area (Å²) in [4.78, 5) is 38.3. The first kappa shape index (κ1) is 79.9. The fourth-order valence-electron chi connectivity index (χ4n) is 11.6. The van der Waals surface area contributed by atoms with Gasteiger partial charge in [0.2, 0.25) is 0 Å². The van der Waals surface area contributed by atoms with Gasteiger partial charge in [0.05, 0.1) is 0 Å². The summed E-state index contributed by atoms with van der Waals surface area (Å²) in [6.07, 6.45) is 88.2. The quantitative estimate of drug-likeness (QED) is 0.0261. The van der Waals surface area contributed by atoms with E-state index < -0.39 is 6.10 Å². The lowest BCUT2D eigenvalue weighted by molar-refractivity contribution is -0.167. The van der Waals surface area contributed by atoms with E-state index in [1.54, 1.807) is 0 Å². The molecule has 0 aliphatic carbocycles. The fraction of sp³-hybridized carbons (Fsp3) is 0.908. The normalized spacial score (nSPS) is 12.1. The Hall–Kier alpha value is -2.11. The number of allylic oxidation sites excluding steroid dienone is 4. The molecular weight excluding hydrogens is 1010 g/mol. The highest BCUT2D eigenvalue weighted by Crippen LogP contribution is 2.19. The third-order valence-corrected chi connectivity index (χ3v) is 17.2. The van der Waals surface area contributed by atoms with Crippen LogP contribution in [0, 0.1) is 0 Å². The van der Waals surface area contributed by atoms with Crippen molar-refractivity contribution in [1.82, 2.24) is 0 Å². The molecule has 0 bridgehead atoms. The summed E-state index contributed by atoms with van der Waals surface area (Å²) in [5.74, 6) is -0.831. The summed E-state index contributed by atoms with van der Waals surface area (Å²) in [5.41, 5.74) is 0. The van der Waals surface area contributed by atoms with Crippen molar-refractivity contribution in [1.29, 1.82) is 0 Å². The molecule has 0 saturated carbocycles. The molecule has 0 rings (SSSR count). The standard InChI is InChI=1S/C76H144O6/c1-4-7-10-13-16-19-21-23-25-27-29-31-32-33-34-35-36-37-38-39-40-41-42-43-44-45-47-48-50-52-54-57-60-63-66-69-75(78)81-72-73(71-80-74(77)68-65-62-59-56-18-15-12-9-6-3)82-76(79)70-67-64-61-58-55-53-51-49-46-30-28-26-24-22-20-17-14-11-8-5-2/h21,23,27,29,73H,4-20,22,24-26,28,30-72H2,1-3H3/b23-21-,29-27-. The molecule has 0 aliphatic rings. The second kappa shape index (κ2) is 71.4. The zero-order valence-electron chi connectivity index (χ0n) is 55.8. The number of hydrogen-bond acceptors (Lipinski definition) is 6. The predicted molar refractivity (Wildman–Crippen MR) is 358 cm³/mol. The van der Waals surface area contributed by atoms with Crippen LogP contribution in [0.2, 0.25) is 0 Å². The van der Waals surface area contributed by atoms with Crippen molar-refractivity contribution in [3.05, 3.63) is 24.3 Å². The molecule has 0 aliphatic heterocycles. The summed E-state index contributed by atoms with van der Waals surface area (Å²) >= 11 is 0. The SMILES string of the molecule is CCCCCCC/C=C\C/C=C\CCCCCCCCCCCCCCCCCCCCCCCCCC(=O)OCC(COC(=O)CCCCCCCCCCC)OC(=O)CCCCCCCCCCCCCCCCCCCCCC. The molecule has 0 saturated heterocycles. The number of esters is 3. The largest absolute Gasteiger partial charge is 0.462 e. The first-order valence-electron chi connectivity index (χ1n) is 37.3. The van der Waals surface area contributed by atoms with Crippen LogP contribution >= 0.6 is 0 Å². The highest BCUT2D eigenvalue weighted by Gasteiger charge is 2.20. The number of carbonyl (C=O) groups excluding carboxylic acids is 3. The summed E-state index contributed by atoms with van der Waals surface area (Å²) in [7, 11) is 0. The van der Waals surface area contributed by atoms with Crippen LogP contribution in [-0.4, -0.2) is 37.2 Å². The van der Waals surface area contributed by atoms with Crippen molar-refractivity contribution in [2.45, 2.75) is 431 Å². The molecule has 0 amide bonds. The van der Waals surface area contributed by atoms with Gasteiger partial charge < -0.3 is 14.2 Å². The van der Waals surface area contributed by atoms with Gasteiger partial charge in [-0.2, -0.15) is 0 Å². The van der Waals surface area contributed by atoms with E-state index in [2.05, 4.69) is 45.1 Å². The summed E-state index contributed by atoms with van der Waals surface area (Å²) in [5, 5.41) is 0. The van der Waals surface area contributed by atoms with Gasteiger partial charge in [-0.25, -0.2) is 0 Å². The lowest BCUT2D eigenvalue weighted by atomic mass is 10.0. The lowest BCUT2D eigenvalue weighted by Gasteiger charge is -2.18. The Morgan fingerprint density at radius 3 is 0.671 bits per heavy atom. The summed E-state index contributed by atoms with van der Waals surface area (Å²) in [6, 6.07) is 0. The summed E-state index contributed by atoms with van der Waals surface area (Å²) < 4.78 is 17.0. The monoisotopic (exact) mass is 1150 g/mol. The van der Waals surface area contributed by atoms with Gasteiger partial charge in [0.15, 0.2) is 6.10 Å². The Morgan fingerprint density at radius 1 is 0.244 bits per heavy atom. The minimum Gasteiger partial charge on any atom is -0.462 e. The molecule has 0 aromatic carbocycles. The molecule has 1 unspecified atom stereocenters. The molecule has 0 radical (unpaired) electrons. The average molecular weight is 1150 g/mol. The van der Waals surface area contributed by atoms with Crippen molar-refractivity contribution in [3.63, 3.8) is 0 Å². The highest BCUT2D eigenvalue weighted by molar-refractivity contribution is 5.71. The average Bonchev–Trinajstić information content (AvgIpc) is 3.48. The zero-order valence-corrected chi connectivity index (χ0v) is 55.8. The van der Waals surface area contributed by atoms with Crippen molar-refractivity contribution in [3.8, 4) is 0 Å². The first-order valence-corrected chi connectivity index (χ1v) is 37.3. The lowest BCUT2D eigenvalue weighted by Crippen LogP contribution is -2.30. The topological polar surface area (TPSA) is 78.9 Å². The van der Waals surface area contributed by atoms with E-state index in [4.69, 9.17) is 14.2 Å². The van der Waals surface area contributed by atoms with E-state index in [0.29, 0.717) is 19.3 Å². The number of rotatable bonds is 70. The van der Waals surface area contributed by atoms with Gasteiger partial charge in [0.1, 0.15) is 13.2 Å². The molecule has 484 valence electrons. The highest BCUT2D eigenvalue weighted by atomic mass is 16.6. The van der Waals surface area contributed by atoms with Crippen LogP contribution in [-0.2, 0) is 28.6 Å². The maximum Gasteiger partial charge on any atom is 0.306 e. The Bertz CT molecular complexity index is 1320. The molecule has 6 heteroatoms. The summed E-state index contributed by atoms with van der Waals surface area (Å²) in [6.45, 7) is 6.69. The van der Waals surface area contributed by atoms with Crippen molar-refractivity contribution in [2.75, 3.05) is 13.2 Å². The Labute approximate surface area is 513 Å².